The molecule has 104 valence electrons. The second-order valence-electron chi connectivity index (χ2n) is 4.03. The fourth-order valence-electron chi connectivity index (χ4n) is 1.51. The molecule has 0 saturated carbocycles. The Morgan fingerprint density at radius 3 is 2.70 bits per heavy atom. The first-order valence-corrected chi connectivity index (χ1v) is 7.39. The quantitative estimate of drug-likeness (QED) is 0.531. The van der Waals surface area contributed by atoms with Gasteiger partial charge in [0.25, 0.3) is 5.56 Å². The van der Waals surface area contributed by atoms with Crippen LogP contribution in [0.4, 0.5) is 0 Å². The number of H-pyrrole nitrogens is 1. The highest BCUT2D eigenvalue weighted by molar-refractivity contribution is 7.99. The van der Waals surface area contributed by atoms with Crippen molar-refractivity contribution >= 4 is 40.7 Å². The molecule has 7 heteroatoms. The molecule has 0 aliphatic rings. The van der Waals surface area contributed by atoms with Crippen molar-refractivity contribution in [3.8, 4) is 0 Å². The molecule has 1 aromatic heterocycles. The normalized spacial score (nSPS) is 10.6. The third kappa shape index (κ3) is 3.85. The molecule has 2 aromatic rings. The topological polar surface area (TPSA) is 62.8 Å². The number of rotatable bonds is 4. The van der Waals surface area contributed by atoms with Crippen molar-refractivity contribution < 1.29 is 4.79 Å². The standard InChI is InChI=1S/C13H10Cl2N2O2S/c1-7-4-12(19)17-13(16-7)20-6-11(18)8-2-3-9(14)10(15)5-8/h2-5H,6H2,1H3,(H,16,17,19). The van der Waals surface area contributed by atoms with Crippen LogP contribution in [0.5, 0.6) is 0 Å². The number of nitrogens with zero attached hydrogens (tertiary/aromatic N) is 1. The van der Waals surface area contributed by atoms with Crippen LogP contribution in [0.1, 0.15) is 16.1 Å². The van der Waals surface area contributed by atoms with Gasteiger partial charge in [-0.1, -0.05) is 35.0 Å². The molecule has 0 unspecified atom stereocenters. The molecular formula is C13H10Cl2N2O2S. The molecule has 0 bridgehead atoms. The van der Waals surface area contributed by atoms with Gasteiger partial charge in [0.15, 0.2) is 10.9 Å². The van der Waals surface area contributed by atoms with E-state index in [1.165, 1.54) is 23.9 Å². The van der Waals surface area contributed by atoms with Crippen LogP contribution in [0, 0.1) is 6.92 Å². The molecule has 2 rings (SSSR count). The van der Waals surface area contributed by atoms with E-state index >= 15 is 0 Å². The number of carbonyl (C=O) groups excluding carboxylic acids is 1. The van der Waals surface area contributed by atoms with Gasteiger partial charge in [-0.15, -0.1) is 0 Å². The number of hydrogen-bond donors (Lipinski definition) is 1. The number of thioether (sulfide) groups is 1. The summed E-state index contributed by atoms with van der Waals surface area (Å²) >= 11 is 12.8. The smallest absolute Gasteiger partial charge is 0.251 e. The molecule has 4 nitrogen and oxygen atoms in total. The average molecular weight is 329 g/mol. The van der Waals surface area contributed by atoms with E-state index < -0.39 is 0 Å². The van der Waals surface area contributed by atoms with Crippen molar-refractivity contribution in [3.05, 3.63) is 55.9 Å². The van der Waals surface area contributed by atoms with Crippen LogP contribution in [-0.4, -0.2) is 21.5 Å². The molecule has 1 N–H and O–H groups in total. The number of ketones is 1. The maximum atomic E-state index is 12.0. The van der Waals surface area contributed by atoms with Crippen LogP contribution in [0.3, 0.4) is 0 Å². The Morgan fingerprint density at radius 1 is 1.30 bits per heavy atom. The summed E-state index contributed by atoms with van der Waals surface area (Å²) in [6, 6.07) is 6.11. The average Bonchev–Trinajstić information content (AvgIpc) is 2.38. The van der Waals surface area contributed by atoms with Crippen LogP contribution in [0.25, 0.3) is 0 Å². The van der Waals surface area contributed by atoms with E-state index in [0.717, 1.165) is 0 Å². The van der Waals surface area contributed by atoms with Crippen LogP contribution in [0.15, 0.2) is 34.2 Å². The molecule has 0 spiro atoms. The lowest BCUT2D eigenvalue weighted by atomic mass is 10.1. The van der Waals surface area contributed by atoms with E-state index in [1.54, 1.807) is 19.1 Å². The first-order valence-electron chi connectivity index (χ1n) is 5.65. The number of carbonyl (C=O) groups is 1. The van der Waals surface area contributed by atoms with Crippen molar-refractivity contribution in [2.45, 2.75) is 12.1 Å². The predicted molar refractivity (Wildman–Crippen MR) is 81.1 cm³/mol. The Hall–Kier alpha value is -1.30. The maximum Gasteiger partial charge on any atom is 0.251 e. The SMILES string of the molecule is Cc1cc(=O)[nH]c(SCC(=O)c2ccc(Cl)c(Cl)c2)n1. The fourth-order valence-corrected chi connectivity index (χ4v) is 2.62. The zero-order valence-electron chi connectivity index (χ0n) is 10.4. The number of hydrogen-bond acceptors (Lipinski definition) is 4. The van der Waals surface area contributed by atoms with Crippen molar-refractivity contribution in [3.63, 3.8) is 0 Å². The van der Waals surface area contributed by atoms with E-state index in [0.29, 0.717) is 26.5 Å². The summed E-state index contributed by atoms with van der Waals surface area (Å²) in [6.45, 7) is 1.72. The zero-order valence-corrected chi connectivity index (χ0v) is 12.8. The van der Waals surface area contributed by atoms with Crippen molar-refractivity contribution in [2.75, 3.05) is 5.75 Å². The minimum Gasteiger partial charge on any atom is -0.301 e. The molecule has 0 saturated heterocycles. The lowest BCUT2D eigenvalue weighted by molar-refractivity contribution is 0.102. The van der Waals surface area contributed by atoms with Gasteiger partial charge in [-0.2, -0.15) is 0 Å². The van der Waals surface area contributed by atoms with E-state index in [-0.39, 0.29) is 17.1 Å². The van der Waals surface area contributed by atoms with Gasteiger partial charge >= 0.3 is 0 Å². The van der Waals surface area contributed by atoms with E-state index in [9.17, 15) is 9.59 Å². The van der Waals surface area contributed by atoms with Crippen LogP contribution in [0.2, 0.25) is 10.0 Å². The summed E-state index contributed by atoms with van der Waals surface area (Å²) in [7, 11) is 0. The summed E-state index contributed by atoms with van der Waals surface area (Å²) in [5, 5.41) is 1.16. The molecule has 0 aliphatic carbocycles. The second kappa shape index (κ2) is 6.43. The Balaban J connectivity index is 2.08. The summed E-state index contributed by atoms with van der Waals surface area (Å²) in [5.74, 6) is 0.0439. The number of nitrogens with one attached hydrogen (secondary N) is 1. The van der Waals surface area contributed by atoms with Crippen molar-refractivity contribution in [2.24, 2.45) is 0 Å². The van der Waals surface area contributed by atoms with E-state index in [2.05, 4.69) is 9.97 Å². The number of aromatic amines is 1. The molecule has 0 atom stereocenters. The molecule has 20 heavy (non-hydrogen) atoms. The number of benzene rings is 1. The highest BCUT2D eigenvalue weighted by atomic mass is 35.5. The third-order valence-electron chi connectivity index (χ3n) is 2.43. The summed E-state index contributed by atoms with van der Waals surface area (Å²) in [6.07, 6.45) is 0. The van der Waals surface area contributed by atoms with Gasteiger partial charge in [0.05, 0.1) is 15.8 Å². The molecule has 1 aromatic carbocycles. The van der Waals surface area contributed by atoms with Gasteiger partial charge in [0.1, 0.15) is 0 Å². The number of aromatic nitrogens is 2. The predicted octanol–water partition coefficient (Wildman–Crippen LogP) is 3.36. The summed E-state index contributed by atoms with van der Waals surface area (Å²) < 4.78 is 0. The maximum absolute atomic E-state index is 12.0. The Labute approximate surface area is 129 Å². The molecule has 0 aliphatic heterocycles. The van der Waals surface area contributed by atoms with Crippen molar-refractivity contribution in [1.29, 1.82) is 0 Å². The lowest BCUT2D eigenvalue weighted by Gasteiger charge is -2.03. The second-order valence-corrected chi connectivity index (χ2v) is 5.81. The van der Waals surface area contributed by atoms with Gasteiger partial charge in [-0.3, -0.25) is 9.59 Å². The first-order chi connectivity index (χ1) is 9.45. The van der Waals surface area contributed by atoms with Gasteiger partial charge in [0.2, 0.25) is 0 Å². The zero-order chi connectivity index (χ0) is 14.7. The van der Waals surface area contributed by atoms with Gasteiger partial charge in [-0.05, 0) is 25.1 Å². The molecule has 0 amide bonds. The minimum absolute atomic E-state index is 0.113. The molecular weight excluding hydrogens is 319 g/mol. The highest BCUT2D eigenvalue weighted by Crippen LogP contribution is 2.23. The molecule has 1 heterocycles. The number of Topliss-reactive ketones (excluding diaryl/α,β-unsaturated/α-hetero) is 1. The van der Waals surface area contributed by atoms with Gasteiger partial charge in [-0.25, -0.2) is 4.98 Å². The monoisotopic (exact) mass is 328 g/mol. The summed E-state index contributed by atoms with van der Waals surface area (Å²) in [4.78, 5) is 30.0. The number of aryl methyl sites for hydroxylation is 1. The number of halogens is 2. The Morgan fingerprint density at radius 2 is 2.05 bits per heavy atom. The van der Waals surface area contributed by atoms with Crippen LogP contribution < -0.4 is 5.56 Å². The molecule has 0 radical (unpaired) electrons. The van der Waals surface area contributed by atoms with Gasteiger partial charge in [0, 0.05) is 17.3 Å². The van der Waals surface area contributed by atoms with E-state index in [1.807, 2.05) is 0 Å². The highest BCUT2D eigenvalue weighted by Gasteiger charge is 2.10. The Bertz CT molecular complexity index is 716. The lowest BCUT2D eigenvalue weighted by Crippen LogP contribution is -2.10. The van der Waals surface area contributed by atoms with Crippen LogP contribution >= 0.6 is 35.0 Å². The first kappa shape index (κ1) is 15.1. The third-order valence-corrected chi connectivity index (χ3v) is 4.04. The largest absolute Gasteiger partial charge is 0.301 e. The minimum atomic E-state index is -0.234. The molecule has 0 fully saturated rings. The van der Waals surface area contributed by atoms with Crippen molar-refractivity contribution in [1.82, 2.24) is 9.97 Å². The van der Waals surface area contributed by atoms with Gasteiger partial charge < -0.3 is 4.98 Å². The fraction of sp³-hybridized carbons (Fsp3) is 0.154. The summed E-state index contributed by atoms with van der Waals surface area (Å²) in [5.41, 5.74) is 0.849. The van der Waals surface area contributed by atoms with E-state index in [4.69, 9.17) is 23.2 Å². The van der Waals surface area contributed by atoms with Crippen LogP contribution in [-0.2, 0) is 0 Å². The Kier molecular flexibility index (Phi) is 4.86.